The average molecular weight is 330 g/mol. The summed E-state index contributed by atoms with van der Waals surface area (Å²) in [4.78, 5) is 0. The smallest absolute Gasteiger partial charge is 0.212 e. The Hall–Kier alpha value is -0.580. The number of rotatable bonds is 8. The van der Waals surface area contributed by atoms with Crippen molar-refractivity contribution in [3.63, 3.8) is 0 Å². The fraction of sp³-hybridized carbons (Fsp3) is 0.625. The van der Waals surface area contributed by atoms with E-state index in [1.165, 1.54) is 0 Å². The second-order valence-corrected chi connectivity index (χ2v) is 8.17. The third kappa shape index (κ3) is 4.44. The molecule has 3 nitrogen and oxygen atoms in total. The molecule has 0 amide bonds. The van der Waals surface area contributed by atoms with Crippen LogP contribution in [0.2, 0.25) is 0 Å². The van der Waals surface area contributed by atoms with Gasteiger partial charge in [0.05, 0.1) is 5.75 Å². The maximum absolute atomic E-state index is 12.7. The molecule has 0 spiro atoms. The van der Waals surface area contributed by atoms with Crippen molar-refractivity contribution in [3.8, 4) is 0 Å². The zero-order chi connectivity index (χ0) is 15.3. The first-order valence-corrected chi connectivity index (χ1v) is 9.79. The number of benzene rings is 1. The average Bonchev–Trinajstić information content (AvgIpc) is 2.41. The molecule has 0 aliphatic heterocycles. The summed E-state index contributed by atoms with van der Waals surface area (Å²) < 4.78 is 27.2. The molecule has 1 aromatic carbocycles. The molecular formula is C16H24ClNO2S. The summed E-state index contributed by atoms with van der Waals surface area (Å²) >= 11 is 5.74. The van der Waals surface area contributed by atoms with Gasteiger partial charge >= 0.3 is 0 Å². The first kappa shape index (κ1) is 16.8. The Kier molecular flexibility index (Phi) is 6.08. The Balaban J connectivity index is 2.07. The Bertz CT molecular complexity index is 528. The SMILES string of the molecule is CC(CS(=O)(=O)N(CCCCl)C1CCC1)c1ccccc1. The van der Waals surface area contributed by atoms with Crippen molar-refractivity contribution in [3.05, 3.63) is 35.9 Å². The van der Waals surface area contributed by atoms with E-state index < -0.39 is 10.0 Å². The predicted octanol–water partition coefficient (Wildman–Crippen LogP) is 3.60. The topological polar surface area (TPSA) is 37.4 Å². The number of hydrogen-bond acceptors (Lipinski definition) is 2. The minimum Gasteiger partial charge on any atom is -0.212 e. The Morgan fingerprint density at radius 3 is 2.48 bits per heavy atom. The van der Waals surface area contributed by atoms with E-state index in [0.717, 1.165) is 31.2 Å². The number of sulfonamides is 1. The maximum atomic E-state index is 12.7. The zero-order valence-corrected chi connectivity index (χ0v) is 14.1. The first-order valence-electron chi connectivity index (χ1n) is 7.65. The molecular weight excluding hydrogens is 306 g/mol. The van der Waals surface area contributed by atoms with Crippen LogP contribution in [0.25, 0.3) is 0 Å². The van der Waals surface area contributed by atoms with Crippen LogP contribution in [0.4, 0.5) is 0 Å². The largest absolute Gasteiger partial charge is 0.214 e. The number of alkyl halides is 1. The Morgan fingerprint density at radius 1 is 1.29 bits per heavy atom. The van der Waals surface area contributed by atoms with Crippen LogP contribution in [0.1, 0.15) is 44.1 Å². The van der Waals surface area contributed by atoms with Crippen molar-refractivity contribution in [2.24, 2.45) is 0 Å². The summed E-state index contributed by atoms with van der Waals surface area (Å²) in [5.41, 5.74) is 1.08. The molecule has 1 fully saturated rings. The quantitative estimate of drug-likeness (QED) is 0.683. The predicted molar refractivity (Wildman–Crippen MR) is 88.3 cm³/mol. The number of halogens is 1. The van der Waals surface area contributed by atoms with Gasteiger partial charge in [0.1, 0.15) is 0 Å². The molecule has 0 saturated heterocycles. The molecule has 5 heteroatoms. The molecule has 1 atom stereocenters. The highest BCUT2D eigenvalue weighted by Gasteiger charge is 2.34. The van der Waals surface area contributed by atoms with Gasteiger partial charge in [0, 0.05) is 18.5 Å². The van der Waals surface area contributed by atoms with Crippen molar-refractivity contribution in [1.82, 2.24) is 4.31 Å². The van der Waals surface area contributed by atoms with Crippen LogP contribution in [-0.2, 0) is 10.0 Å². The highest BCUT2D eigenvalue weighted by atomic mass is 35.5. The molecule has 1 aromatic rings. The van der Waals surface area contributed by atoms with Crippen LogP contribution < -0.4 is 0 Å². The van der Waals surface area contributed by atoms with E-state index in [1.807, 2.05) is 37.3 Å². The van der Waals surface area contributed by atoms with E-state index in [1.54, 1.807) is 4.31 Å². The van der Waals surface area contributed by atoms with Crippen molar-refractivity contribution in [2.45, 2.75) is 44.6 Å². The van der Waals surface area contributed by atoms with Gasteiger partial charge in [-0.1, -0.05) is 43.7 Å². The van der Waals surface area contributed by atoms with Gasteiger partial charge in [0.25, 0.3) is 0 Å². The van der Waals surface area contributed by atoms with Crippen LogP contribution in [0.5, 0.6) is 0 Å². The fourth-order valence-electron chi connectivity index (χ4n) is 2.73. The minimum absolute atomic E-state index is 0.00905. The lowest BCUT2D eigenvalue weighted by atomic mass is 9.93. The van der Waals surface area contributed by atoms with Gasteiger partial charge in [0.15, 0.2) is 0 Å². The van der Waals surface area contributed by atoms with Gasteiger partial charge in [-0.25, -0.2) is 8.42 Å². The Labute approximate surface area is 133 Å². The lowest BCUT2D eigenvalue weighted by molar-refractivity contribution is 0.219. The molecule has 0 aromatic heterocycles. The lowest BCUT2D eigenvalue weighted by Crippen LogP contribution is -2.46. The van der Waals surface area contributed by atoms with E-state index in [4.69, 9.17) is 11.6 Å². The van der Waals surface area contributed by atoms with E-state index >= 15 is 0 Å². The maximum Gasteiger partial charge on any atom is 0.214 e. The third-order valence-electron chi connectivity index (χ3n) is 4.18. The van der Waals surface area contributed by atoms with Crippen LogP contribution in [0.15, 0.2) is 30.3 Å². The van der Waals surface area contributed by atoms with Gasteiger partial charge in [-0.3, -0.25) is 0 Å². The molecule has 1 aliphatic carbocycles. The summed E-state index contributed by atoms with van der Waals surface area (Å²) in [5.74, 6) is 0.692. The highest BCUT2D eigenvalue weighted by molar-refractivity contribution is 7.89. The second-order valence-electron chi connectivity index (χ2n) is 5.83. The molecule has 0 radical (unpaired) electrons. The van der Waals surface area contributed by atoms with E-state index in [0.29, 0.717) is 12.4 Å². The van der Waals surface area contributed by atoms with E-state index in [9.17, 15) is 8.42 Å². The van der Waals surface area contributed by atoms with Gasteiger partial charge in [-0.2, -0.15) is 4.31 Å². The first-order chi connectivity index (χ1) is 10.0. The standard InChI is InChI=1S/C16H24ClNO2S/c1-14(15-7-3-2-4-8-15)13-21(19,20)18(12-6-11-17)16-9-5-10-16/h2-4,7-8,14,16H,5-6,9-13H2,1H3. The minimum atomic E-state index is -3.23. The van der Waals surface area contributed by atoms with Crippen molar-refractivity contribution in [2.75, 3.05) is 18.2 Å². The van der Waals surface area contributed by atoms with Crippen LogP contribution >= 0.6 is 11.6 Å². The van der Waals surface area contributed by atoms with Crippen molar-refractivity contribution < 1.29 is 8.42 Å². The Morgan fingerprint density at radius 2 is 1.95 bits per heavy atom. The normalized spacial score (nSPS) is 17.7. The van der Waals surface area contributed by atoms with E-state index in [-0.39, 0.29) is 17.7 Å². The van der Waals surface area contributed by atoms with Gasteiger partial charge < -0.3 is 0 Å². The molecule has 1 saturated carbocycles. The molecule has 21 heavy (non-hydrogen) atoms. The summed E-state index contributed by atoms with van der Waals surface area (Å²) in [6.07, 6.45) is 3.82. The summed E-state index contributed by atoms with van der Waals surface area (Å²) in [5, 5.41) is 0. The van der Waals surface area contributed by atoms with Gasteiger partial charge in [-0.15, -0.1) is 11.6 Å². The lowest BCUT2D eigenvalue weighted by Gasteiger charge is -2.37. The number of hydrogen-bond donors (Lipinski definition) is 0. The fourth-order valence-corrected chi connectivity index (χ4v) is 4.94. The zero-order valence-electron chi connectivity index (χ0n) is 12.5. The van der Waals surface area contributed by atoms with Crippen molar-refractivity contribution in [1.29, 1.82) is 0 Å². The molecule has 0 heterocycles. The van der Waals surface area contributed by atoms with Crippen molar-refractivity contribution >= 4 is 21.6 Å². The monoisotopic (exact) mass is 329 g/mol. The van der Waals surface area contributed by atoms with Gasteiger partial charge in [0.2, 0.25) is 10.0 Å². The second kappa shape index (κ2) is 7.61. The number of nitrogens with zero attached hydrogens (tertiary/aromatic N) is 1. The molecule has 1 aliphatic rings. The highest BCUT2D eigenvalue weighted by Crippen LogP contribution is 2.29. The summed E-state index contributed by atoms with van der Waals surface area (Å²) in [6.45, 7) is 2.53. The molecule has 2 rings (SSSR count). The summed E-state index contributed by atoms with van der Waals surface area (Å²) in [6, 6.07) is 10.0. The van der Waals surface area contributed by atoms with E-state index in [2.05, 4.69) is 0 Å². The third-order valence-corrected chi connectivity index (χ3v) is 6.56. The summed E-state index contributed by atoms with van der Waals surface area (Å²) in [7, 11) is -3.23. The van der Waals surface area contributed by atoms with Crippen LogP contribution in [-0.4, -0.2) is 36.9 Å². The molecule has 118 valence electrons. The van der Waals surface area contributed by atoms with Gasteiger partial charge in [-0.05, 0) is 30.7 Å². The molecule has 1 unspecified atom stereocenters. The van der Waals surface area contributed by atoms with Crippen LogP contribution in [0.3, 0.4) is 0 Å². The molecule has 0 bridgehead atoms. The van der Waals surface area contributed by atoms with Crippen LogP contribution in [0, 0.1) is 0 Å². The molecule has 0 N–H and O–H groups in total.